The van der Waals surface area contributed by atoms with E-state index in [1.807, 2.05) is 23.7 Å². The van der Waals surface area contributed by atoms with E-state index in [1.165, 1.54) is 24.6 Å². The second kappa shape index (κ2) is 5.88. The molecule has 2 N–H and O–H groups in total. The maximum atomic E-state index is 5.78. The predicted molar refractivity (Wildman–Crippen MR) is 76.3 cm³/mol. The highest BCUT2D eigenvalue weighted by Gasteiger charge is 2.22. The number of hydrogen-bond acceptors (Lipinski definition) is 6. The van der Waals surface area contributed by atoms with Crippen molar-refractivity contribution in [3.8, 4) is 0 Å². The SMILES string of the molecule is Cc1ccc(CN)c(Sc2nnnn2C2CCCC2)n1. The molecule has 0 saturated heterocycles. The summed E-state index contributed by atoms with van der Waals surface area (Å²) in [6.07, 6.45) is 4.82. The van der Waals surface area contributed by atoms with Gasteiger partial charge in [-0.25, -0.2) is 9.67 Å². The zero-order valence-corrected chi connectivity index (χ0v) is 12.3. The second-order valence-electron chi connectivity index (χ2n) is 5.07. The number of nitrogens with two attached hydrogens (primary N) is 1. The molecule has 3 rings (SSSR count). The van der Waals surface area contributed by atoms with Crippen LogP contribution in [0.5, 0.6) is 0 Å². The lowest BCUT2D eigenvalue weighted by atomic mass is 10.2. The Hall–Kier alpha value is -1.47. The fraction of sp³-hybridized carbons (Fsp3) is 0.538. The van der Waals surface area contributed by atoms with Crippen LogP contribution >= 0.6 is 11.8 Å². The van der Waals surface area contributed by atoms with Gasteiger partial charge in [0, 0.05) is 12.2 Å². The summed E-state index contributed by atoms with van der Waals surface area (Å²) < 4.78 is 1.95. The number of rotatable bonds is 4. The Kier molecular flexibility index (Phi) is 3.98. The molecule has 6 nitrogen and oxygen atoms in total. The van der Waals surface area contributed by atoms with Gasteiger partial charge in [-0.05, 0) is 53.6 Å². The molecular weight excluding hydrogens is 272 g/mol. The highest BCUT2D eigenvalue weighted by Crippen LogP contribution is 2.34. The van der Waals surface area contributed by atoms with Gasteiger partial charge in [-0.3, -0.25) is 0 Å². The van der Waals surface area contributed by atoms with Crippen LogP contribution in [0.25, 0.3) is 0 Å². The summed E-state index contributed by atoms with van der Waals surface area (Å²) in [6, 6.07) is 4.43. The van der Waals surface area contributed by atoms with Crippen LogP contribution in [0.2, 0.25) is 0 Å². The van der Waals surface area contributed by atoms with Crippen LogP contribution in [0.1, 0.15) is 43.0 Å². The summed E-state index contributed by atoms with van der Waals surface area (Å²) in [5.74, 6) is 0. The zero-order valence-electron chi connectivity index (χ0n) is 11.5. The van der Waals surface area contributed by atoms with E-state index in [0.717, 1.165) is 34.3 Å². The number of pyridine rings is 1. The number of nitrogens with zero attached hydrogens (tertiary/aromatic N) is 5. The van der Waals surface area contributed by atoms with E-state index >= 15 is 0 Å². The molecule has 0 spiro atoms. The van der Waals surface area contributed by atoms with E-state index in [0.29, 0.717) is 12.6 Å². The van der Waals surface area contributed by atoms with Gasteiger partial charge in [-0.2, -0.15) is 0 Å². The lowest BCUT2D eigenvalue weighted by Gasteiger charge is -2.11. The van der Waals surface area contributed by atoms with Gasteiger partial charge in [-0.15, -0.1) is 5.10 Å². The maximum absolute atomic E-state index is 5.78. The summed E-state index contributed by atoms with van der Waals surface area (Å²) in [4.78, 5) is 4.56. The van der Waals surface area contributed by atoms with Gasteiger partial charge in [0.1, 0.15) is 5.03 Å². The van der Waals surface area contributed by atoms with Gasteiger partial charge in [0.15, 0.2) is 0 Å². The average molecular weight is 290 g/mol. The van der Waals surface area contributed by atoms with Crippen molar-refractivity contribution in [2.75, 3.05) is 0 Å². The van der Waals surface area contributed by atoms with Crippen LogP contribution in [0.3, 0.4) is 0 Å². The molecule has 1 saturated carbocycles. The largest absolute Gasteiger partial charge is 0.326 e. The molecule has 106 valence electrons. The summed E-state index contributed by atoms with van der Waals surface area (Å²) in [6.45, 7) is 2.45. The smallest absolute Gasteiger partial charge is 0.215 e. The van der Waals surface area contributed by atoms with E-state index < -0.39 is 0 Å². The molecule has 0 atom stereocenters. The monoisotopic (exact) mass is 290 g/mol. The van der Waals surface area contributed by atoms with E-state index in [2.05, 4.69) is 20.5 Å². The summed E-state index contributed by atoms with van der Waals surface area (Å²) in [7, 11) is 0. The Morgan fingerprint density at radius 3 is 2.90 bits per heavy atom. The third-order valence-electron chi connectivity index (χ3n) is 3.62. The highest BCUT2D eigenvalue weighted by molar-refractivity contribution is 7.99. The molecule has 0 unspecified atom stereocenters. The van der Waals surface area contributed by atoms with Crippen LogP contribution in [-0.4, -0.2) is 25.2 Å². The molecule has 20 heavy (non-hydrogen) atoms. The molecule has 2 heterocycles. The molecule has 0 bridgehead atoms. The number of aryl methyl sites for hydroxylation is 1. The van der Waals surface area contributed by atoms with Gasteiger partial charge in [0.25, 0.3) is 0 Å². The van der Waals surface area contributed by atoms with Crippen molar-refractivity contribution in [1.82, 2.24) is 25.2 Å². The molecule has 0 aliphatic heterocycles. The minimum Gasteiger partial charge on any atom is -0.326 e. The fourth-order valence-corrected chi connectivity index (χ4v) is 3.52. The van der Waals surface area contributed by atoms with Gasteiger partial charge < -0.3 is 5.73 Å². The Morgan fingerprint density at radius 2 is 2.15 bits per heavy atom. The first kappa shape index (κ1) is 13.5. The molecule has 0 aromatic carbocycles. The molecule has 0 amide bonds. The topological polar surface area (TPSA) is 82.5 Å². The van der Waals surface area contributed by atoms with Crippen molar-refractivity contribution < 1.29 is 0 Å². The molecular formula is C13H18N6S. The number of tetrazole rings is 1. The third kappa shape index (κ3) is 2.69. The lowest BCUT2D eigenvalue weighted by Crippen LogP contribution is -2.09. The Morgan fingerprint density at radius 1 is 1.35 bits per heavy atom. The van der Waals surface area contributed by atoms with Crippen molar-refractivity contribution in [2.45, 2.75) is 55.4 Å². The Labute approximate surface area is 122 Å². The first-order valence-electron chi connectivity index (χ1n) is 6.90. The first-order chi connectivity index (χ1) is 9.78. The van der Waals surface area contributed by atoms with Crippen LogP contribution in [-0.2, 0) is 6.54 Å². The summed E-state index contributed by atoms with van der Waals surface area (Å²) in [5.41, 5.74) is 7.78. The van der Waals surface area contributed by atoms with E-state index in [4.69, 9.17) is 5.73 Å². The van der Waals surface area contributed by atoms with Crippen LogP contribution in [0.15, 0.2) is 22.3 Å². The van der Waals surface area contributed by atoms with E-state index in [1.54, 1.807) is 0 Å². The van der Waals surface area contributed by atoms with Crippen molar-refractivity contribution >= 4 is 11.8 Å². The maximum Gasteiger partial charge on any atom is 0.215 e. The van der Waals surface area contributed by atoms with Gasteiger partial charge in [0.05, 0.1) is 6.04 Å². The van der Waals surface area contributed by atoms with E-state index in [-0.39, 0.29) is 0 Å². The highest BCUT2D eigenvalue weighted by atomic mass is 32.2. The minimum absolute atomic E-state index is 0.429. The molecule has 0 radical (unpaired) electrons. The van der Waals surface area contributed by atoms with Crippen molar-refractivity contribution in [1.29, 1.82) is 0 Å². The normalized spacial score (nSPS) is 15.9. The second-order valence-corrected chi connectivity index (χ2v) is 6.02. The zero-order chi connectivity index (χ0) is 13.9. The molecule has 2 aromatic rings. The summed E-state index contributed by atoms with van der Waals surface area (Å²) >= 11 is 1.51. The Bertz CT molecular complexity index is 590. The van der Waals surface area contributed by atoms with Crippen molar-refractivity contribution in [3.63, 3.8) is 0 Å². The first-order valence-corrected chi connectivity index (χ1v) is 7.72. The fourth-order valence-electron chi connectivity index (χ4n) is 2.52. The number of aromatic nitrogens is 5. The van der Waals surface area contributed by atoms with Crippen LogP contribution in [0.4, 0.5) is 0 Å². The Balaban J connectivity index is 1.88. The summed E-state index contributed by atoms with van der Waals surface area (Å²) in [5, 5.41) is 13.8. The standard InChI is InChI=1S/C13H18N6S/c1-9-6-7-10(8-14)12(15-9)20-13-16-17-18-19(13)11-4-2-3-5-11/h6-7,11H,2-5,8,14H2,1H3. The third-order valence-corrected chi connectivity index (χ3v) is 4.62. The molecule has 2 aromatic heterocycles. The van der Waals surface area contributed by atoms with Crippen LogP contribution < -0.4 is 5.73 Å². The lowest BCUT2D eigenvalue weighted by molar-refractivity contribution is 0.423. The minimum atomic E-state index is 0.429. The predicted octanol–water partition coefficient (Wildman–Crippen LogP) is 2.10. The van der Waals surface area contributed by atoms with E-state index in [9.17, 15) is 0 Å². The average Bonchev–Trinajstić information content (AvgIpc) is 3.09. The molecule has 7 heteroatoms. The molecule has 1 fully saturated rings. The molecule has 1 aliphatic carbocycles. The van der Waals surface area contributed by atoms with Crippen molar-refractivity contribution in [3.05, 3.63) is 23.4 Å². The quantitative estimate of drug-likeness (QED) is 0.928. The van der Waals surface area contributed by atoms with Crippen molar-refractivity contribution in [2.24, 2.45) is 5.73 Å². The number of hydrogen-bond donors (Lipinski definition) is 1. The van der Waals surface area contributed by atoms with Gasteiger partial charge in [0.2, 0.25) is 5.16 Å². The van der Waals surface area contributed by atoms with Crippen LogP contribution in [0, 0.1) is 6.92 Å². The van der Waals surface area contributed by atoms with Gasteiger partial charge >= 0.3 is 0 Å². The van der Waals surface area contributed by atoms with Gasteiger partial charge in [-0.1, -0.05) is 18.9 Å². The molecule has 1 aliphatic rings.